The number of nitrogens with zero attached hydrogens (tertiary/aromatic N) is 1. The summed E-state index contributed by atoms with van der Waals surface area (Å²) in [6.45, 7) is 5.13. The van der Waals surface area contributed by atoms with E-state index in [9.17, 15) is 0 Å². The summed E-state index contributed by atoms with van der Waals surface area (Å²) in [6.07, 6.45) is 4.24. The van der Waals surface area contributed by atoms with Crippen LogP contribution in [-0.2, 0) is 0 Å². The fourth-order valence-corrected chi connectivity index (χ4v) is 2.54. The third-order valence-electron chi connectivity index (χ3n) is 3.19. The standard InChI is InChI=1S/C9H18N2/c1-11-6-4-9(8-11)3-2-5-10-7-9/h10H,2-8H2,1H3. The van der Waals surface area contributed by atoms with E-state index < -0.39 is 0 Å². The summed E-state index contributed by atoms with van der Waals surface area (Å²) in [7, 11) is 2.24. The first-order valence-corrected chi connectivity index (χ1v) is 4.70. The average molecular weight is 154 g/mol. The zero-order valence-corrected chi connectivity index (χ0v) is 7.40. The van der Waals surface area contributed by atoms with Crippen LogP contribution < -0.4 is 5.32 Å². The van der Waals surface area contributed by atoms with Crippen LogP contribution in [0.3, 0.4) is 0 Å². The molecule has 0 aromatic heterocycles. The molecule has 0 amide bonds. The lowest BCUT2D eigenvalue weighted by atomic mass is 9.80. The van der Waals surface area contributed by atoms with E-state index in [4.69, 9.17) is 0 Å². The maximum absolute atomic E-state index is 3.51. The minimum Gasteiger partial charge on any atom is -0.316 e. The maximum atomic E-state index is 3.51. The first-order chi connectivity index (χ1) is 5.31. The number of hydrogen-bond acceptors (Lipinski definition) is 2. The van der Waals surface area contributed by atoms with Gasteiger partial charge in [-0.2, -0.15) is 0 Å². The molecule has 0 aliphatic carbocycles. The quantitative estimate of drug-likeness (QED) is 0.552. The van der Waals surface area contributed by atoms with Gasteiger partial charge in [-0.05, 0) is 44.8 Å². The molecule has 2 heteroatoms. The molecule has 2 rings (SSSR count). The van der Waals surface area contributed by atoms with Crippen molar-refractivity contribution in [3.63, 3.8) is 0 Å². The van der Waals surface area contributed by atoms with Crippen LogP contribution in [0.4, 0.5) is 0 Å². The highest BCUT2D eigenvalue weighted by molar-refractivity contribution is 4.92. The summed E-state index contributed by atoms with van der Waals surface area (Å²) in [4.78, 5) is 2.47. The molecule has 2 nitrogen and oxygen atoms in total. The third kappa shape index (κ3) is 1.42. The number of hydrogen-bond donors (Lipinski definition) is 1. The van der Waals surface area contributed by atoms with Gasteiger partial charge in [0.25, 0.3) is 0 Å². The highest BCUT2D eigenvalue weighted by Gasteiger charge is 2.37. The average Bonchev–Trinajstić information content (AvgIpc) is 2.34. The zero-order chi connectivity index (χ0) is 7.73. The van der Waals surface area contributed by atoms with E-state index in [1.54, 1.807) is 0 Å². The molecule has 0 aromatic carbocycles. The fourth-order valence-electron chi connectivity index (χ4n) is 2.54. The number of rotatable bonds is 0. The van der Waals surface area contributed by atoms with Gasteiger partial charge in [-0.15, -0.1) is 0 Å². The number of piperidine rings is 1. The van der Waals surface area contributed by atoms with Gasteiger partial charge in [0.2, 0.25) is 0 Å². The molecule has 2 aliphatic heterocycles. The summed E-state index contributed by atoms with van der Waals surface area (Å²) in [6, 6.07) is 0. The van der Waals surface area contributed by atoms with E-state index in [1.165, 1.54) is 45.4 Å². The first kappa shape index (κ1) is 7.56. The predicted molar refractivity (Wildman–Crippen MR) is 46.7 cm³/mol. The molecule has 1 atom stereocenters. The molecule has 64 valence electrons. The van der Waals surface area contributed by atoms with E-state index in [-0.39, 0.29) is 0 Å². The fraction of sp³-hybridized carbons (Fsp3) is 1.00. The second-order valence-electron chi connectivity index (χ2n) is 4.27. The second-order valence-corrected chi connectivity index (χ2v) is 4.27. The third-order valence-corrected chi connectivity index (χ3v) is 3.19. The van der Waals surface area contributed by atoms with Gasteiger partial charge in [-0.3, -0.25) is 0 Å². The van der Waals surface area contributed by atoms with E-state index in [0.717, 1.165) is 0 Å². The van der Waals surface area contributed by atoms with Crippen molar-refractivity contribution < 1.29 is 0 Å². The Labute approximate surface area is 69.0 Å². The van der Waals surface area contributed by atoms with Crippen LogP contribution in [0.25, 0.3) is 0 Å². The van der Waals surface area contributed by atoms with E-state index in [2.05, 4.69) is 17.3 Å². The van der Waals surface area contributed by atoms with Gasteiger partial charge < -0.3 is 10.2 Å². The van der Waals surface area contributed by atoms with Crippen molar-refractivity contribution in [3.05, 3.63) is 0 Å². The Balaban J connectivity index is 1.98. The molecule has 1 spiro atoms. The van der Waals surface area contributed by atoms with Gasteiger partial charge in [-0.25, -0.2) is 0 Å². The van der Waals surface area contributed by atoms with Gasteiger partial charge in [0.05, 0.1) is 0 Å². The summed E-state index contributed by atoms with van der Waals surface area (Å²) >= 11 is 0. The smallest absolute Gasteiger partial charge is 0.00476 e. The molecule has 2 fully saturated rings. The zero-order valence-electron chi connectivity index (χ0n) is 7.40. The molecule has 1 unspecified atom stereocenters. The number of likely N-dealkylation sites (tertiary alicyclic amines) is 1. The Hall–Kier alpha value is -0.0800. The molecule has 2 saturated heterocycles. The Bertz CT molecular complexity index is 133. The SMILES string of the molecule is CN1CCC2(CCCNC2)C1. The van der Waals surface area contributed by atoms with E-state index in [1.807, 2.05) is 0 Å². The molecule has 0 bridgehead atoms. The minimum absolute atomic E-state index is 0.660. The lowest BCUT2D eigenvalue weighted by Gasteiger charge is -2.33. The largest absolute Gasteiger partial charge is 0.316 e. The topological polar surface area (TPSA) is 15.3 Å². The van der Waals surface area contributed by atoms with Crippen LogP contribution in [0, 0.1) is 5.41 Å². The van der Waals surface area contributed by atoms with Crippen molar-refractivity contribution >= 4 is 0 Å². The van der Waals surface area contributed by atoms with Crippen LogP contribution in [0.5, 0.6) is 0 Å². The van der Waals surface area contributed by atoms with Crippen LogP contribution in [-0.4, -0.2) is 38.1 Å². The van der Waals surface area contributed by atoms with Crippen molar-refractivity contribution in [1.82, 2.24) is 10.2 Å². The lowest BCUT2D eigenvalue weighted by Crippen LogP contribution is -2.41. The second kappa shape index (κ2) is 2.76. The van der Waals surface area contributed by atoms with Crippen LogP contribution >= 0.6 is 0 Å². The van der Waals surface area contributed by atoms with Crippen LogP contribution in [0.15, 0.2) is 0 Å². The Morgan fingerprint density at radius 1 is 1.36 bits per heavy atom. The van der Waals surface area contributed by atoms with Crippen molar-refractivity contribution in [1.29, 1.82) is 0 Å². The van der Waals surface area contributed by atoms with Crippen molar-refractivity contribution in [3.8, 4) is 0 Å². The molecular weight excluding hydrogens is 136 g/mol. The molecule has 2 aliphatic rings. The van der Waals surface area contributed by atoms with Crippen molar-refractivity contribution in [2.24, 2.45) is 5.41 Å². The normalized spacial score (nSPS) is 40.1. The van der Waals surface area contributed by atoms with Crippen LogP contribution in [0.1, 0.15) is 19.3 Å². The Morgan fingerprint density at radius 3 is 2.82 bits per heavy atom. The maximum Gasteiger partial charge on any atom is 0.00476 e. The Kier molecular flexibility index (Phi) is 1.90. The molecule has 0 aromatic rings. The molecule has 0 radical (unpaired) electrons. The highest BCUT2D eigenvalue weighted by Crippen LogP contribution is 2.35. The van der Waals surface area contributed by atoms with Crippen molar-refractivity contribution in [2.45, 2.75) is 19.3 Å². The van der Waals surface area contributed by atoms with E-state index in [0.29, 0.717) is 5.41 Å². The monoisotopic (exact) mass is 154 g/mol. The van der Waals surface area contributed by atoms with Gasteiger partial charge in [0, 0.05) is 13.1 Å². The minimum atomic E-state index is 0.660. The van der Waals surface area contributed by atoms with Gasteiger partial charge in [-0.1, -0.05) is 0 Å². The lowest BCUT2D eigenvalue weighted by molar-refractivity contribution is 0.213. The first-order valence-electron chi connectivity index (χ1n) is 4.70. The van der Waals surface area contributed by atoms with Gasteiger partial charge in [0.1, 0.15) is 0 Å². The molecule has 11 heavy (non-hydrogen) atoms. The summed E-state index contributed by atoms with van der Waals surface area (Å²) in [5, 5.41) is 3.51. The molecule has 1 N–H and O–H groups in total. The molecule has 0 saturated carbocycles. The highest BCUT2D eigenvalue weighted by atomic mass is 15.1. The van der Waals surface area contributed by atoms with Crippen molar-refractivity contribution in [2.75, 3.05) is 33.2 Å². The number of nitrogens with one attached hydrogen (secondary N) is 1. The Morgan fingerprint density at radius 2 is 2.27 bits per heavy atom. The van der Waals surface area contributed by atoms with Gasteiger partial charge in [0.15, 0.2) is 0 Å². The predicted octanol–water partition coefficient (Wildman–Crippen LogP) is 0.692. The summed E-state index contributed by atoms with van der Waals surface area (Å²) in [5.41, 5.74) is 0.660. The van der Waals surface area contributed by atoms with Crippen LogP contribution in [0.2, 0.25) is 0 Å². The summed E-state index contributed by atoms with van der Waals surface area (Å²) < 4.78 is 0. The molecule has 2 heterocycles. The van der Waals surface area contributed by atoms with Gasteiger partial charge >= 0.3 is 0 Å². The molecular formula is C9H18N2. The summed E-state index contributed by atoms with van der Waals surface area (Å²) in [5.74, 6) is 0. The van der Waals surface area contributed by atoms with E-state index >= 15 is 0 Å².